The summed E-state index contributed by atoms with van der Waals surface area (Å²) in [5.74, 6) is 0.722. The molecule has 0 aliphatic carbocycles. The second-order valence-corrected chi connectivity index (χ2v) is 8.30. The SMILES string of the molecule is CCNC(=NCc1ccccc1Cl)NCCc1ccc(S(C)(=O)=O)cc1. The molecule has 0 aliphatic rings. The summed E-state index contributed by atoms with van der Waals surface area (Å²) in [6.07, 6.45) is 1.97. The molecule has 0 spiro atoms. The number of halogens is 1. The van der Waals surface area contributed by atoms with Gasteiger partial charge >= 0.3 is 0 Å². The topological polar surface area (TPSA) is 70.6 Å². The van der Waals surface area contributed by atoms with Gasteiger partial charge in [0, 0.05) is 24.4 Å². The molecule has 0 fully saturated rings. The quantitative estimate of drug-likeness (QED) is 0.560. The molecular formula is C19H24ClN3O2S. The van der Waals surface area contributed by atoms with Crippen molar-refractivity contribution >= 4 is 27.4 Å². The minimum absolute atomic E-state index is 0.337. The van der Waals surface area contributed by atoms with E-state index in [1.54, 1.807) is 12.1 Å². The van der Waals surface area contributed by atoms with Crippen molar-refractivity contribution in [3.8, 4) is 0 Å². The molecule has 2 N–H and O–H groups in total. The molecule has 5 nitrogen and oxygen atoms in total. The van der Waals surface area contributed by atoms with Gasteiger partial charge in [-0.25, -0.2) is 13.4 Å². The van der Waals surface area contributed by atoms with Crippen LogP contribution in [0.5, 0.6) is 0 Å². The van der Waals surface area contributed by atoms with E-state index in [0.717, 1.165) is 30.1 Å². The van der Waals surface area contributed by atoms with E-state index in [9.17, 15) is 8.42 Å². The van der Waals surface area contributed by atoms with Gasteiger partial charge in [-0.2, -0.15) is 0 Å². The number of guanidine groups is 1. The first-order chi connectivity index (χ1) is 12.4. The van der Waals surface area contributed by atoms with Gasteiger partial charge in [-0.3, -0.25) is 0 Å². The van der Waals surface area contributed by atoms with E-state index in [4.69, 9.17) is 11.6 Å². The first kappa shape index (κ1) is 20.3. The number of benzene rings is 2. The molecule has 2 rings (SSSR count). The number of hydrogen-bond donors (Lipinski definition) is 2. The Hall–Kier alpha value is -2.05. The van der Waals surface area contributed by atoms with E-state index in [0.29, 0.717) is 23.0 Å². The van der Waals surface area contributed by atoms with Crippen LogP contribution >= 0.6 is 11.6 Å². The van der Waals surface area contributed by atoms with Gasteiger partial charge in [-0.1, -0.05) is 41.9 Å². The average molecular weight is 394 g/mol. The molecule has 0 atom stereocenters. The zero-order valence-electron chi connectivity index (χ0n) is 15.0. The van der Waals surface area contributed by atoms with Crippen molar-refractivity contribution in [3.05, 3.63) is 64.7 Å². The maximum Gasteiger partial charge on any atom is 0.191 e. The first-order valence-corrected chi connectivity index (χ1v) is 10.7. The van der Waals surface area contributed by atoms with Gasteiger partial charge in [-0.05, 0) is 42.7 Å². The van der Waals surface area contributed by atoms with Crippen molar-refractivity contribution < 1.29 is 8.42 Å². The zero-order valence-corrected chi connectivity index (χ0v) is 16.6. The van der Waals surface area contributed by atoms with Crippen LogP contribution in [-0.2, 0) is 22.8 Å². The van der Waals surface area contributed by atoms with E-state index in [-0.39, 0.29) is 0 Å². The highest BCUT2D eigenvalue weighted by Crippen LogP contribution is 2.15. The van der Waals surface area contributed by atoms with E-state index in [2.05, 4.69) is 15.6 Å². The maximum absolute atomic E-state index is 11.5. The molecule has 0 aliphatic heterocycles. The first-order valence-electron chi connectivity index (χ1n) is 8.44. The number of sulfone groups is 1. The Morgan fingerprint density at radius 2 is 1.77 bits per heavy atom. The van der Waals surface area contributed by atoms with Crippen LogP contribution in [0.3, 0.4) is 0 Å². The Bertz CT molecular complexity index is 849. The summed E-state index contributed by atoms with van der Waals surface area (Å²) in [5.41, 5.74) is 2.04. The summed E-state index contributed by atoms with van der Waals surface area (Å²) in [6.45, 7) is 3.96. The molecule has 0 saturated carbocycles. The van der Waals surface area contributed by atoms with Crippen LogP contribution < -0.4 is 10.6 Å². The van der Waals surface area contributed by atoms with E-state index in [1.807, 2.05) is 43.3 Å². The van der Waals surface area contributed by atoms with Gasteiger partial charge in [0.15, 0.2) is 15.8 Å². The summed E-state index contributed by atoms with van der Waals surface area (Å²) >= 11 is 6.16. The second kappa shape index (κ2) is 9.59. The average Bonchev–Trinajstić information content (AvgIpc) is 2.60. The van der Waals surface area contributed by atoms with Gasteiger partial charge in [-0.15, -0.1) is 0 Å². The van der Waals surface area contributed by atoms with Crippen molar-refractivity contribution in [3.63, 3.8) is 0 Å². The minimum atomic E-state index is -3.15. The number of rotatable bonds is 7. The lowest BCUT2D eigenvalue weighted by Crippen LogP contribution is -2.38. The van der Waals surface area contributed by atoms with E-state index in [1.165, 1.54) is 6.26 Å². The highest BCUT2D eigenvalue weighted by Gasteiger charge is 2.06. The molecular weight excluding hydrogens is 370 g/mol. The van der Waals surface area contributed by atoms with Crippen molar-refractivity contribution in [2.75, 3.05) is 19.3 Å². The van der Waals surface area contributed by atoms with Crippen LogP contribution in [0.15, 0.2) is 58.4 Å². The highest BCUT2D eigenvalue weighted by molar-refractivity contribution is 7.90. The van der Waals surface area contributed by atoms with Crippen LogP contribution in [0.2, 0.25) is 5.02 Å². The maximum atomic E-state index is 11.5. The fraction of sp³-hybridized carbons (Fsp3) is 0.316. The fourth-order valence-electron chi connectivity index (χ4n) is 2.36. The molecule has 0 heterocycles. The molecule has 0 unspecified atom stereocenters. The lowest BCUT2D eigenvalue weighted by Gasteiger charge is -2.12. The Morgan fingerprint density at radius 1 is 1.08 bits per heavy atom. The van der Waals surface area contributed by atoms with Crippen LogP contribution in [0.25, 0.3) is 0 Å². The van der Waals surface area contributed by atoms with Crippen molar-refractivity contribution in [2.45, 2.75) is 24.8 Å². The van der Waals surface area contributed by atoms with E-state index < -0.39 is 9.84 Å². The summed E-state index contributed by atoms with van der Waals surface area (Å²) < 4.78 is 23.0. The largest absolute Gasteiger partial charge is 0.357 e. The number of hydrogen-bond acceptors (Lipinski definition) is 3. The molecule has 0 amide bonds. The third-order valence-corrected chi connectivity index (χ3v) is 5.26. The number of nitrogens with zero attached hydrogens (tertiary/aromatic N) is 1. The normalized spacial score (nSPS) is 12.0. The summed E-state index contributed by atoms with van der Waals surface area (Å²) in [5, 5.41) is 7.19. The summed E-state index contributed by atoms with van der Waals surface area (Å²) in [6, 6.07) is 14.6. The Balaban J connectivity index is 1.92. The molecule has 140 valence electrons. The van der Waals surface area contributed by atoms with Gasteiger partial charge in [0.2, 0.25) is 0 Å². The van der Waals surface area contributed by atoms with Gasteiger partial charge in [0.25, 0.3) is 0 Å². The Kier molecular flexibility index (Phi) is 7.48. The number of nitrogens with one attached hydrogen (secondary N) is 2. The monoisotopic (exact) mass is 393 g/mol. The van der Waals surface area contributed by atoms with E-state index >= 15 is 0 Å². The van der Waals surface area contributed by atoms with Gasteiger partial charge in [0.05, 0.1) is 11.4 Å². The number of aliphatic imine (C=N–C) groups is 1. The van der Waals surface area contributed by atoms with Crippen LogP contribution in [0.4, 0.5) is 0 Å². The Labute approximate surface area is 160 Å². The van der Waals surface area contributed by atoms with Crippen LogP contribution in [0.1, 0.15) is 18.1 Å². The molecule has 2 aromatic rings. The highest BCUT2D eigenvalue weighted by atomic mass is 35.5. The lowest BCUT2D eigenvalue weighted by atomic mass is 10.1. The molecule has 0 aromatic heterocycles. The van der Waals surface area contributed by atoms with Gasteiger partial charge in [0.1, 0.15) is 0 Å². The predicted molar refractivity (Wildman–Crippen MR) is 108 cm³/mol. The summed E-state index contributed by atoms with van der Waals surface area (Å²) in [4.78, 5) is 4.89. The standard InChI is InChI=1S/C19H24ClN3O2S/c1-3-21-19(23-14-16-6-4-5-7-18(16)20)22-13-12-15-8-10-17(11-9-15)26(2,24)25/h4-11H,3,12-14H2,1-2H3,(H2,21,22,23). The van der Waals surface area contributed by atoms with Crippen molar-refractivity contribution in [1.29, 1.82) is 0 Å². The van der Waals surface area contributed by atoms with Crippen molar-refractivity contribution in [1.82, 2.24) is 10.6 Å². The van der Waals surface area contributed by atoms with Gasteiger partial charge < -0.3 is 10.6 Å². The summed E-state index contributed by atoms with van der Waals surface area (Å²) in [7, 11) is -3.15. The molecule has 2 aromatic carbocycles. The predicted octanol–water partition coefficient (Wildman–Crippen LogP) is 3.04. The lowest BCUT2D eigenvalue weighted by molar-refractivity contribution is 0.602. The third kappa shape index (κ3) is 6.35. The smallest absolute Gasteiger partial charge is 0.191 e. The van der Waals surface area contributed by atoms with Crippen LogP contribution in [-0.4, -0.2) is 33.7 Å². The Morgan fingerprint density at radius 3 is 2.38 bits per heavy atom. The minimum Gasteiger partial charge on any atom is -0.357 e. The zero-order chi connectivity index (χ0) is 19.0. The molecule has 26 heavy (non-hydrogen) atoms. The van der Waals surface area contributed by atoms with Crippen molar-refractivity contribution in [2.24, 2.45) is 4.99 Å². The molecule has 0 radical (unpaired) electrons. The molecule has 0 bridgehead atoms. The van der Waals surface area contributed by atoms with Crippen LogP contribution in [0, 0.1) is 0 Å². The second-order valence-electron chi connectivity index (χ2n) is 5.88. The fourth-order valence-corrected chi connectivity index (χ4v) is 3.19. The third-order valence-electron chi connectivity index (χ3n) is 3.77. The molecule has 7 heteroatoms. The molecule has 0 saturated heterocycles.